The molecule has 0 aliphatic rings. The predicted octanol–water partition coefficient (Wildman–Crippen LogP) is 0.378. The van der Waals surface area contributed by atoms with Crippen molar-refractivity contribution in [2.75, 3.05) is 20.8 Å². The Morgan fingerprint density at radius 3 is 2.32 bits per heavy atom. The van der Waals surface area contributed by atoms with Crippen LogP contribution in [0.3, 0.4) is 0 Å². The summed E-state index contributed by atoms with van der Waals surface area (Å²) in [5, 5.41) is 14.9. The summed E-state index contributed by atoms with van der Waals surface area (Å²) < 4.78 is 10.3. The highest BCUT2D eigenvalue weighted by atomic mass is 16.5. The molecule has 0 aliphatic heterocycles. The van der Waals surface area contributed by atoms with Crippen molar-refractivity contribution >= 4 is 11.8 Å². The molecule has 1 aromatic rings. The summed E-state index contributed by atoms with van der Waals surface area (Å²) in [6, 6.07) is 4.80. The van der Waals surface area contributed by atoms with Crippen molar-refractivity contribution in [3.8, 4) is 11.5 Å². The van der Waals surface area contributed by atoms with Crippen LogP contribution in [0, 0.1) is 0 Å². The molecule has 1 aromatic carbocycles. The molecule has 0 bridgehead atoms. The zero-order valence-electron chi connectivity index (χ0n) is 13.2. The lowest BCUT2D eigenvalue weighted by molar-refractivity contribution is -0.139. The van der Waals surface area contributed by atoms with Gasteiger partial charge in [0.25, 0.3) is 0 Å². The second-order valence-electron chi connectivity index (χ2n) is 4.97. The largest absolute Gasteiger partial charge is 0.493 e. The van der Waals surface area contributed by atoms with Crippen molar-refractivity contribution in [2.45, 2.75) is 26.0 Å². The third-order valence-corrected chi connectivity index (χ3v) is 2.87. The molecule has 3 N–H and O–H groups in total. The molecule has 0 saturated heterocycles. The molecule has 0 radical (unpaired) electrons. The second-order valence-corrected chi connectivity index (χ2v) is 4.97. The first-order chi connectivity index (χ1) is 10.4. The summed E-state index contributed by atoms with van der Waals surface area (Å²) in [5.41, 5.74) is 0.544. The fraction of sp³-hybridized carbons (Fsp3) is 0.467. The van der Waals surface area contributed by atoms with E-state index in [1.165, 1.54) is 14.2 Å². The van der Waals surface area contributed by atoms with Crippen LogP contribution in [0.15, 0.2) is 18.2 Å². The molecule has 1 rings (SSSR count). The molecule has 0 saturated carbocycles. The minimum Gasteiger partial charge on any atom is -0.493 e. The fourth-order valence-electron chi connectivity index (χ4n) is 1.78. The van der Waals surface area contributed by atoms with Crippen LogP contribution in [0.25, 0.3) is 0 Å². The standard InChI is InChI=1S/C15H22N2O5/c1-9(2)17-15(20)14(19)16-8-11(18)10-5-6-12(21-3)13(7-10)22-4/h5-7,9,11,18H,8H2,1-4H3,(H,16,19)(H,17,20). The molecule has 1 unspecified atom stereocenters. The number of benzene rings is 1. The van der Waals surface area contributed by atoms with E-state index >= 15 is 0 Å². The number of carbonyl (C=O) groups is 2. The first-order valence-electron chi connectivity index (χ1n) is 6.87. The molecular weight excluding hydrogens is 288 g/mol. The first-order valence-corrected chi connectivity index (χ1v) is 6.87. The summed E-state index contributed by atoms with van der Waals surface area (Å²) >= 11 is 0. The van der Waals surface area contributed by atoms with Gasteiger partial charge in [-0.1, -0.05) is 6.07 Å². The molecule has 0 fully saturated rings. The minimum atomic E-state index is -0.962. The average molecular weight is 310 g/mol. The van der Waals surface area contributed by atoms with Crippen LogP contribution in [-0.4, -0.2) is 43.7 Å². The highest BCUT2D eigenvalue weighted by Gasteiger charge is 2.17. The van der Waals surface area contributed by atoms with Gasteiger partial charge in [-0.15, -0.1) is 0 Å². The van der Waals surface area contributed by atoms with Crippen LogP contribution in [0.4, 0.5) is 0 Å². The Balaban J connectivity index is 2.64. The van der Waals surface area contributed by atoms with E-state index in [9.17, 15) is 14.7 Å². The van der Waals surface area contributed by atoms with E-state index < -0.39 is 17.9 Å². The van der Waals surface area contributed by atoms with Crippen LogP contribution < -0.4 is 20.1 Å². The van der Waals surface area contributed by atoms with Gasteiger partial charge in [-0.25, -0.2) is 0 Å². The minimum absolute atomic E-state index is 0.0835. The Hall–Kier alpha value is -2.28. The van der Waals surface area contributed by atoms with Gasteiger partial charge in [-0.05, 0) is 31.5 Å². The molecule has 1 atom stereocenters. The summed E-state index contributed by atoms with van der Waals surface area (Å²) in [7, 11) is 3.01. The number of rotatable bonds is 6. The van der Waals surface area contributed by atoms with Crippen molar-refractivity contribution < 1.29 is 24.2 Å². The van der Waals surface area contributed by atoms with Crippen molar-refractivity contribution in [3.05, 3.63) is 23.8 Å². The molecule has 7 heteroatoms. The molecule has 0 aromatic heterocycles. The van der Waals surface area contributed by atoms with E-state index in [1.807, 2.05) is 0 Å². The summed E-state index contributed by atoms with van der Waals surface area (Å²) in [5.74, 6) is -0.496. The third-order valence-electron chi connectivity index (χ3n) is 2.87. The quantitative estimate of drug-likeness (QED) is 0.660. The molecule has 122 valence electrons. The van der Waals surface area contributed by atoms with E-state index in [4.69, 9.17) is 9.47 Å². The number of aliphatic hydroxyl groups is 1. The van der Waals surface area contributed by atoms with Gasteiger partial charge >= 0.3 is 11.8 Å². The van der Waals surface area contributed by atoms with Crippen LogP contribution in [-0.2, 0) is 9.59 Å². The van der Waals surface area contributed by atoms with Gasteiger partial charge in [0.2, 0.25) is 0 Å². The van der Waals surface area contributed by atoms with Gasteiger partial charge in [0.05, 0.1) is 20.3 Å². The maximum absolute atomic E-state index is 11.6. The Morgan fingerprint density at radius 1 is 1.14 bits per heavy atom. The lowest BCUT2D eigenvalue weighted by Crippen LogP contribution is -2.43. The number of hydrogen-bond acceptors (Lipinski definition) is 5. The summed E-state index contributed by atoms with van der Waals surface area (Å²) in [4.78, 5) is 23.0. The van der Waals surface area contributed by atoms with Crippen LogP contribution >= 0.6 is 0 Å². The van der Waals surface area contributed by atoms with E-state index in [0.29, 0.717) is 17.1 Å². The third kappa shape index (κ3) is 4.92. The van der Waals surface area contributed by atoms with Gasteiger partial charge < -0.3 is 25.2 Å². The van der Waals surface area contributed by atoms with E-state index in [1.54, 1.807) is 32.0 Å². The molecule has 7 nitrogen and oxygen atoms in total. The Morgan fingerprint density at radius 2 is 1.77 bits per heavy atom. The Kier molecular flexibility index (Phi) is 6.65. The monoisotopic (exact) mass is 310 g/mol. The smallest absolute Gasteiger partial charge is 0.309 e. The zero-order valence-corrected chi connectivity index (χ0v) is 13.2. The van der Waals surface area contributed by atoms with Gasteiger partial charge in [0, 0.05) is 12.6 Å². The van der Waals surface area contributed by atoms with Crippen molar-refractivity contribution in [1.82, 2.24) is 10.6 Å². The topological polar surface area (TPSA) is 96.9 Å². The average Bonchev–Trinajstić information content (AvgIpc) is 2.50. The van der Waals surface area contributed by atoms with Gasteiger partial charge in [-0.3, -0.25) is 9.59 Å². The predicted molar refractivity (Wildman–Crippen MR) is 80.8 cm³/mol. The number of methoxy groups -OCH3 is 2. The molecule has 0 spiro atoms. The maximum Gasteiger partial charge on any atom is 0.309 e. The van der Waals surface area contributed by atoms with Crippen molar-refractivity contribution in [2.24, 2.45) is 0 Å². The van der Waals surface area contributed by atoms with Gasteiger partial charge in [0.15, 0.2) is 11.5 Å². The normalized spacial score (nSPS) is 11.7. The molecule has 2 amide bonds. The number of carbonyl (C=O) groups excluding carboxylic acids is 2. The SMILES string of the molecule is COc1ccc(C(O)CNC(=O)C(=O)NC(C)C)cc1OC. The van der Waals surface area contributed by atoms with Gasteiger partial charge in [-0.2, -0.15) is 0 Å². The maximum atomic E-state index is 11.6. The fourth-order valence-corrected chi connectivity index (χ4v) is 1.78. The Labute approximate surface area is 129 Å². The summed E-state index contributed by atoms with van der Waals surface area (Å²) in [6.07, 6.45) is -0.962. The summed E-state index contributed by atoms with van der Waals surface area (Å²) in [6.45, 7) is 3.42. The van der Waals surface area contributed by atoms with Crippen molar-refractivity contribution in [1.29, 1.82) is 0 Å². The number of amides is 2. The lowest BCUT2D eigenvalue weighted by atomic mass is 10.1. The highest BCUT2D eigenvalue weighted by molar-refractivity contribution is 6.35. The first kappa shape index (κ1) is 17.8. The number of ether oxygens (including phenoxy) is 2. The number of nitrogens with one attached hydrogen (secondary N) is 2. The Bertz CT molecular complexity index is 531. The van der Waals surface area contributed by atoms with E-state index in [2.05, 4.69) is 10.6 Å². The molecular formula is C15H22N2O5. The van der Waals surface area contributed by atoms with Crippen molar-refractivity contribution in [3.63, 3.8) is 0 Å². The number of aliphatic hydroxyl groups excluding tert-OH is 1. The van der Waals surface area contributed by atoms with Crippen LogP contribution in [0.5, 0.6) is 11.5 Å². The second kappa shape index (κ2) is 8.23. The zero-order chi connectivity index (χ0) is 16.7. The molecule has 0 aliphatic carbocycles. The lowest BCUT2D eigenvalue weighted by Gasteiger charge is -2.15. The molecule has 0 heterocycles. The van der Waals surface area contributed by atoms with Gasteiger partial charge in [0.1, 0.15) is 0 Å². The van der Waals surface area contributed by atoms with Crippen LogP contribution in [0.1, 0.15) is 25.5 Å². The van der Waals surface area contributed by atoms with E-state index in [-0.39, 0.29) is 12.6 Å². The van der Waals surface area contributed by atoms with E-state index in [0.717, 1.165) is 0 Å². The molecule has 22 heavy (non-hydrogen) atoms. The highest BCUT2D eigenvalue weighted by Crippen LogP contribution is 2.29. The number of hydrogen-bond donors (Lipinski definition) is 3. The van der Waals surface area contributed by atoms with Crippen LogP contribution in [0.2, 0.25) is 0 Å².